The number of hydrogen-bond donors (Lipinski definition) is 2. The molecule has 0 spiro atoms. The molecule has 1 atom stereocenters. The van der Waals surface area contributed by atoms with Crippen LogP contribution in [0.15, 0.2) is 0 Å². The summed E-state index contributed by atoms with van der Waals surface area (Å²) in [5, 5.41) is 20.2. The molecule has 2 N–H and O–H groups in total. The minimum atomic E-state index is -0.567. The molecule has 0 aromatic rings. The van der Waals surface area contributed by atoms with E-state index in [1.54, 1.807) is 6.92 Å². The predicted octanol–water partition coefficient (Wildman–Crippen LogP) is -0.403. The third kappa shape index (κ3) is 4.07. The summed E-state index contributed by atoms with van der Waals surface area (Å²) in [5.41, 5.74) is 0. The van der Waals surface area contributed by atoms with E-state index in [1.807, 2.05) is 10.6 Å². The first-order valence-electron chi connectivity index (χ1n) is 4.02. The zero-order valence-corrected chi connectivity index (χ0v) is 7.70. The van der Waals surface area contributed by atoms with Gasteiger partial charge in [0.2, 0.25) is 11.8 Å². The van der Waals surface area contributed by atoms with Gasteiger partial charge in [0.15, 0.2) is 12.4 Å². The monoisotopic (exact) mass is 194 g/mol. The fourth-order valence-electron chi connectivity index (χ4n) is 0.917. The average Bonchev–Trinajstić information content (AvgIpc) is 2.15. The van der Waals surface area contributed by atoms with Crippen LogP contribution in [0.25, 0.3) is 0 Å². The van der Waals surface area contributed by atoms with Crippen LogP contribution in [0.1, 0.15) is 19.8 Å². The molecule has 0 rings (SSSR count). The Morgan fingerprint density at radius 2 is 1.86 bits per heavy atom. The molecule has 0 radical (unpaired) electrons. The van der Waals surface area contributed by atoms with Gasteiger partial charge < -0.3 is 0 Å². The highest BCUT2D eigenvalue weighted by Crippen LogP contribution is 2.07. The van der Waals surface area contributed by atoms with Crippen LogP contribution >= 0.6 is 0 Å². The number of carbonyl (C=O) groups is 2. The Morgan fingerprint density at radius 1 is 1.29 bits per heavy atom. The van der Waals surface area contributed by atoms with Gasteiger partial charge in [-0.2, -0.15) is 10.5 Å². The molecule has 2 amide bonds. The van der Waals surface area contributed by atoms with Gasteiger partial charge >= 0.3 is 0 Å². The summed E-state index contributed by atoms with van der Waals surface area (Å²) in [6.45, 7) is 1.72. The van der Waals surface area contributed by atoms with E-state index in [9.17, 15) is 9.59 Å². The van der Waals surface area contributed by atoms with Crippen molar-refractivity contribution < 1.29 is 9.59 Å². The van der Waals surface area contributed by atoms with Gasteiger partial charge in [0, 0.05) is 12.3 Å². The standard InChI is InChI=1S/C8H10N4O2/c1-2-6(8(14)12-5-10)3-7(13)11-4-9/h6H,2-3H2,1H3,(H,11,13)(H,12,14). The van der Waals surface area contributed by atoms with Gasteiger partial charge in [-0.3, -0.25) is 20.2 Å². The normalized spacial score (nSPS) is 10.5. The molecule has 0 bridgehead atoms. The second kappa shape index (κ2) is 6.44. The molecule has 0 aliphatic carbocycles. The van der Waals surface area contributed by atoms with Crippen LogP contribution in [-0.4, -0.2) is 11.8 Å². The molecule has 0 aromatic carbocycles. The number of nitriles is 2. The van der Waals surface area contributed by atoms with Crippen molar-refractivity contribution in [3.8, 4) is 12.4 Å². The minimum absolute atomic E-state index is 0.0857. The highest BCUT2D eigenvalue weighted by atomic mass is 16.2. The third-order valence-corrected chi connectivity index (χ3v) is 1.67. The summed E-state index contributed by atoms with van der Waals surface area (Å²) in [7, 11) is 0. The molecule has 0 saturated carbocycles. The molecular weight excluding hydrogens is 184 g/mol. The zero-order chi connectivity index (χ0) is 11.0. The van der Waals surface area contributed by atoms with Crippen molar-refractivity contribution in [3.63, 3.8) is 0 Å². The van der Waals surface area contributed by atoms with Gasteiger partial charge in [-0.15, -0.1) is 0 Å². The van der Waals surface area contributed by atoms with Gasteiger partial charge in [-0.25, -0.2) is 0 Å². The molecule has 1 unspecified atom stereocenters. The van der Waals surface area contributed by atoms with Crippen LogP contribution in [-0.2, 0) is 9.59 Å². The Labute approximate surface area is 81.5 Å². The van der Waals surface area contributed by atoms with E-state index in [2.05, 4.69) is 0 Å². The Balaban J connectivity index is 4.17. The van der Waals surface area contributed by atoms with Crippen LogP contribution in [0.5, 0.6) is 0 Å². The highest BCUT2D eigenvalue weighted by Gasteiger charge is 2.19. The fraction of sp³-hybridized carbons (Fsp3) is 0.500. The second-order valence-corrected chi connectivity index (χ2v) is 2.57. The first kappa shape index (κ1) is 11.9. The number of carbonyl (C=O) groups excluding carboxylic acids is 2. The highest BCUT2D eigenvalue weighted by molar-refractivity contribution is 5.86. The average molecular weight is 194 g/mol. The van der Waals surface area contributed by atoms with Gasteiger partial charge in [0.25, 0.3) is 0 Å². The summed E-state index contributed by atoms with van der Waals surface area (Å²) in [4.78, 5) is 22.0. The molecule has 0 heterocycles. The smallest absolute Gasteiger partial charge is 0.236 e. The van der Waals surface area contributed by atoms with Crippen molar-refractivity contribution in [2.75, 3.05) is 0 Å². The molecule has 0 aromatic heterocycles. The summed E-state index contributed by atoms with van der Waals surface area (Å²) >= 11 is 0. The molecule has 14 heavy (non-hydrogen) atoms. The largest absolute Gasteiger partial charge is 0.274 e. The topological polar surface area (TPSA) is 106 Å². The molecule has 0 aliphatic rings. The molecule has 0 aliphatic heterocycles. The van der Waals surface area contributed by atoms with Crippen molar-refractivity contribution in [3.05, 3.63) is 0 Å². The van der Waals surface area contributed by atoms with Crippen LogP contribution in [0, 0.1) is 28.8 Å². The first-order chi connectivity index (χ1) is 6.65. The number of rotatable bonds is 4. The first-order valence-corrected chi connectivity index (χ1v) is 4.02. The van der Waals surface area contributed by atoms with Crippen LogP contribution in [0.4, 0.5) is 0 Å². The summed E-state index contributed by atoms with van der Waals surface area (Å²) in [6.07, 6.45) is 3.31. The van der Waals surface area contributed by atoms with Crippen molar-refractivity contribution in [2.45, 2.75) is 19.8 Å². The van der Waals surface area contributed by atoms with E-state index < -0.39 is 17.7 Å². The zero-order valence-electron chi connectivity index (χ0n) is 7.70. The van der Waals surface area contributed by atoms with Crippen molar-refractivity contribution in [1.82, 2.24) is 10.6 Å². The maximum atomic E-state index is 11.1. The van der Waals surface area contributed by atoms with Crippen molar-refractivity contribution >= 4 is 11.8 Å². The molecule has 6 nitrogen and oxygen atoms in total. The maximum absolute atomic E-state index is 11.1. The molecule has 6 heteroatoms. The summed E-state index contributed by atoms with van der Waals surface area (Å²) in [6, 6.07) is 0. The van der Waals surface area contributed by atoms with Gasteiger partial charge in [0.1, 0.15) is 0 Å². The number of nitrogens with zero attached hydrogens (tertiary/aromatic N) is 2. The molecule has 0 saturated heterocycles. The minimum Gasteiger partial charge on any atom is -0.274 e. The van der Waals surface area contributed by atoms with Gasteiger partial charge in [-0.1, -0.05) is 6.92 Å². The lowest BCUT2D eigenvalue weighted by molar-refractivity contribution is -0.129. The van der Waals surface area contributed by atoms with Crippen LogP contribution in [0.2, 0.25) is 0 Å². The van der Waals surface area contributed by atoms with E-state index in [0.717, 1.165) is 0 Å². The van der Waals surface area contributed by atoms with E-state index in [1.165, 1.54) is 12.4 Å². The number of nitrogens with one attached hydrogen (secondary N) is 2. The van der Waals surface area contributed by atoms with E-state index in [0.29, 0.717) is 6.42 Å². The predicted molar refractivity (Wildman–Crippen MR) is 45.9 cm³/mol. The Morgan fingerprint density at radius 3 is 2.29 bits per heavy atom. The van der Waals surface area contributed by atoms with E-state index in [-0.39, 0.29) is 6.42 Å². The van der Waals surface area contributed by atoms with Gasteiger partial charge in [0.05, 0.1) is 0 Å². The number of hydrogen-bond acceptors (Lipinski definition) is 4. The van der Waals surface area contributed by atoms with Gasteiger partial charge in [-0.05, 0) is 6.42 Å². The summed E-state index contributed by atoms with van der Waals surface area (Å²) in [5.74, 6) is -1.58. The van der Waals surface area contributed by atoms with Crippen molar-refractivity contribution in [2.24, 2.45) is 5.92 Å². The Kier molecular flexibility index (Phi) is 5.48. The molecular formula is C8H10N4O2. The van der Waals surface area contributed by atoms with Crippen LogP contribution in [0.3, 0.4) is 0 Å². The van der Waals surface area contributed by atoms with E-state index >= 15 is 0 Å². The lowest BCUT2D eigenvalue weighted by Crippen LogP contribution is -2.31. The lowest BCUT2D eigenvalue weighted by Gasteiger charge is -2.09. The SMILES string of the molecule is CCC(CC(=O)NC#N)C(=O)NC#N. The molecule has 74 valence electrons. The molecule has 0 fully saturated rings. The quantitative estimate of drug-likeness (QED) is 0.469. The van der Waals surface area contributed by atoms with E-state index in [4.69, 9.17) is 10.5 Å². The van der Waals surface area contributed by atoms with Crippen LogP contribution < -0.4 is 10.6 Å². The number of amides is 2. The summed E-state index contributed by atoms with van der Waals surface area (Å²) < 4.78 is 0. The second-order valence-electron chi connectivity index (χ2n) is 2.57. The third-order valence-electron chi connectivity index (χ3n) is 1.67. The lowest BCUT2D eigenvalue weighted by atomic mass is 10.0. The Hall–Kier alpha value is -2.08. The Bertz CT molecular complexity index is 299. The maximum Gasteiger partial charge on any atom is 0.236 e. The fourth-order valence-corrected chi connectivity index (χ4v) is 0.917. The van der Waals surface area contributed by atoms with Crippen molar-refractivity contribution in [1.29, 1.82) is 10.5 Å².